The topological polar surface area (TPSA) is 208 Å². The van der Waals surface area contributed by atoms with Crippen LogP contribution in [0.3, 0.4) is 0 Å². The molecule has 1 atom stereocenters. The van der Waals surface area contributed by atoms with Crippen molar-refractivity contribution in [1.29, 1.82) is 0 Å². The highest BCUT2D eigenvalue weighted by Crippen LogP contribution is 2.24. The van der Waals surface area contributed by atoms with Crippen molar-refractivity contribution in [3.63, 3.8) is 0 Å². The molecule has 28 heavy (non-hydrogen) atoms. The number of unbranched alkanes of at least 4 members (excludes halogenated alkanes) is 1. The highest BCUT2D eigenvalue weighted by Gasteiger charge is 2.27. The molecule has 0 bridgehead atoms. The van der Waals surface area contributed by atoms with E-state index in [1.54, 1.807) is 0 Å². The number of nitro benzene ring substituents is 2. The molecule has 0 saturated heterocycles. The summed E-state index contributed by atoms with van der Waals surface area (Å²) in [6.07, 6.45) is 0.786. The summed E-state index contributed by atoms with van der Waals surface area (Å²) in [6, 6.07) is 1.11. The molecule has 152 valence electrons. The summed E-state index contributed by atoms with van der Waals surface area (Å²) in [5.41, 5.74) is 3.26. The van der Waals surface area contributed by atoms with E-state index in [4.69, 9.17) is 5.73 Å². The number of hydrogen-bond acceptors (Lipinski definition) is 8. The highest BCUT2D eigenvalue weighted by atomic mass is 16.6. The number of nitrogens with two attached hydrogens (primary N) is 1. The SMILES string of the molecule is NCC(=O)NCCCC[C@H](NC(=O)c1ccc([N+](=O)[O-])cc1[N+](=O)[O-])C(=O)O. The fourth-order valence-electron chi connectivity index (χ4n) is 2.24. The second-order valence-electron chi connectivity index (χ2n) is 5.63. The van der Waals surface area contributed by atoms with E-state index in [1.165, 1.54) is 0 Å². The van der Waals surface area contributed by atoms with Gasteiger partial charge in [-0.05, 0) is 25.3 Å². The summed E-state index contributed by atoms with van der Waals surface area (Å²) in [7, 11) is 0. The Morgan fingerprint density at radius 1 is 1.14 bits per heavy atom. The summed E-state index contributed by atoms with van der Waals surface area (Å²) >= 11 is 0. The lowest BCUT2D eigenvalue weighted by Crippen LogP contribution is -2.41. The van der Waals surface area contributed by atoms with Crippen LogP contribution in [0.2, 0.25) is 0 Å². The summed E-state index contributed by atoms with van der Waals surface area (Å²) in [5.74, 6) is -2.73. The molecule has 0 aliphatic rings. The fourth-order valence-corrected chi connectivity index (χ4v) is 2.24. The maximum Gasteiger partial charge on any atom is 0.326 e. The van der Waals surface area contributed by atoms with Crippen LogP contribution in [0.4, 0.5) is 11.4 Å². The van der Waals surface area contributed by atoms with Gasteiger partial charge in [0.25, 0.3) is 17.3 Å². The smallest absolute Gasteiger partial charge is 0.326 e. The van der Waals surface area contributed by atoms with Crippen LogP contribution in [0.5, 0.6) is 0 Å². The molecule has 2 amide bonds. The fraction of sp³-hybridized carbons (Fsp3) is 0.400. The number of rotatable bonds is 11. The summed E-state index contributed by atoms with van der Waals surface area (Å²) in [4.78, 5) is 54.6. The molecule has 13 heteroatoms. The van der Waals surface area contributed by atoms with E-state index in [2.05, 4.69) is 10.6 Å². The Balaban J connectivity index is 2.79. The van der Waals surface area contributed by atoms with Crippen LogP contribution >= 0.6 is 0 Å². The number of carboxylic acids is 1. The highest BCUT2D eigenvalue weighted by molar-refractivity contribution is 6.00. The van der Waals surface area contributed by atoms with Crippen molar-refractivity contribution in [1.82, 2.24) is 10.6 Å². The maximum atomic E-state index is 12.3. The molecule has 5 N–H and O–H groups in total. The monoisotopic (exact) mass is 397 g/mol. The van der Waals surface area contributed by atoms with E-state index in [0.717, 1.165) is 12.1 Å². The van der Waals surface area contributed by atoms with Crippen molar-refractivity contribution in [3.8, 4) is 0 Å². The predicted octanol–water partition coefficient (Wildman–Crippen LogP) is -0.0688. The van der Waals surface area contributed by atoms with Gasteiger partial charge in [-0.2, -0.15) is 0 Å². The standard InChI is InChI=1S/C15H19N5O8/c16-8-13(21)17-6-2-1-3-11(15(23)24)18-14(22)10-5-4-9(19(25)26)7-12(10)20(27)28/h4-5,7,11H,1-3,6,8,16H2,(H,17,21)(H,18,22)(H,23,24)/t11-/m0/s1. The quantitative estimate of drug-likeness (QED) is 0.223. The zero-order chi connectivity index (χ0) is 21.3. The van der Waals surface area contributed by atoms with E-state index in [0.29, 0.717) is 18.9 Å². The van der Waals surface area contributed by atoms with Crippen LogP contribution in [0.15, 0.2) is 18.2 Å². The second kappa shape index (κ2) is 10.5. The first-order valence-corrected chi connectivity index (χ1v) is 8.10. The van der Waals surface area contributed by atoms with Gasteiger partial charge in [0, 0.05) is 12.6 Å². The molecule has 0 saturated carbocycles. The van der Waals surface area contributed by atoms with Crippen molar-refractivity contribution in [2.75, 3.05) is 13.1 Å². The van der Waals surface area contributed by atoms with E-state index < -0.39 is 44.7 Å². The van der Waals surface area contributed by atoms with Gasteiger partial charge >= 0.3 is 5.97 Å². The Hall–Kier alpha value is -3.61. The van der Waals surface area contributed by atoms with Crippen molar-refractivity contribution in [2.45, 2.75) is 25.3 Å². The second-order valence-corrected chi connectivity index (χ2v) is 5.63. The van der Waals surface area contributed by atoms with Crippen LogP contribution < -0.4 is 16.4 Å². The Bertz CT molecular complexity index is 782. The number of nitro groups is 2. The minimum Gasteiger partial charge on any atom is -0.480 e. The van der Waals surface area contributed by atoms with Crippen molar-refractivity contribution in [3.05, 3.63) is 44.0 Å². The van der Waals surface area contributed by atoms with Crippen molar-refractivity contribution in [2.24, 2.45) is 5.73 Å². The number of hydrogen-bond donors (Lipinski definition) is 4. The summed E-state index contributed by atoms with van der Waals surface area (Å²) in [6.45, 7) is 0.117. The Morgan fingerprint density at radius 3 is 2.36 bits per heavy atom. The lowest BCUT2D eigenvalue weighted by Gasteiger charge is -2.14. The number of carbonyl (C=O) groups excluding carboxylic acids is 2. The molecular formula is C15H19N5O8. The van der Waals surface area contributed by atoms with Gasteiger partial charge in [-0.25, -0.2) is 4.79 Å². The summed E-state index contributed by atoms with van der Waals surface area (Å²) in [5, 5.41) is 35.7. The first kappa shape index (κ1) is 22.4. The van der Waals surface area contributed by atoms with Crippen LogP contribution in [0.25, 0.3) is 0 Å². The molecule has 0 radical (unpaired) electrons. The first-order valence-electron chi connectivity index (χ1n) is 8.10. The van der Waals surface area contributed by atoms with Gasteiger partial charge in [0.2, 0.25) is 5.91 Å². The van der Waals surface area contributed by atoms with Gasteiger partial charge in [0.1, 0.15) is 11.6 Å². The molecule has 1 aromatic rings. The van der Waals surface area contributed by atoms with Crippen molar-refractivity contribution >= 4 is 29.2 Å². The molecule has 0 spiro atoms. The number of carbonyl (C=O) groups is 3. The van der Waals surface area contributed by atoms with Crippen LogP contribution in [0.1, 0.15) is 29.6 Å². The zero-order valence-corrected chi connectivity index (χ0v) is 14.6. The normalized spacial score (nSPS) is 11.3. The maximum absolute atomic E-state index is 12.3. The Morgan fingerprint density at radius 2 is 1.82 bits per heavy atom. The average molecular weight is 397 g/mol. The lowest BCUT2D eigenvalue weighted by molar-refractivity contribution is -0.394. The minimum absolute atomic E-state index is 0.0142. The van der Waals surface area contributed by atoms with Gasteiger partial charge in [0.15, 0.2) is 0 Å². The largest absolute Gasteiger partial charge is 0.480 e. The lowest BCUT2D eigenvalue weighted by atomic mass is 10.1. The Labute approximate surface area is 158 Å². The number of non-ortho nitro benzene ring substituents is 1. The molecule has 13 nitrogen and oxygen atoms in total. The first-order chi connectivity index (χ1) is 13.2. The molecule has 0 aliphatic heterocycles. The van der Waals surface area contributed by atoms with E-state index in [-0.39, 0.29) is 25.4 Å². The van der Waals surface area contributed by atoms with Crippen LogP contribution in [0, 0.1) is 20.2 Å². The third-order valence-corrected chi connectivity index (χ3v) is 3.66. The van der Waals surface area contributed by atoms with Gasteiger partial charge in [-0.15, -0.1) is 0 Å². The average Bonchev–Trinajstić information content (AvgIpc) is 2.65. The molecule has 0 heterocycles. The van der Waals surface area contributed by atoms with Crippen molar-refractivity contribution < 1.29 is 29.3 Å². The molecule has 1 rings (SSSR count). The third-order valence-electron chi connectivity index (χ3n) is 3.66. The number of benzene rings is 1. The number of carboxylic acid groups (broad SMARTS) is 1. The molecular weight excluding hydrogens is 378 g/mol. The van der Waals surface area contributed by atoms with Gasteiger partial charge in [0.05, 0.1) is 22.5 Å². The van der Waals surface area contributed by atoms with Gasteiger partial charge < -0.3 is 21.5 Å². The Kier molecular flexibility index (Phi) is 8.43. The van der Waals surface area contributed by atoms with Gasteiger partial charge in [-0.1, -0.05) is 0 Å². The van der Waals surface area contributed by atoms with E-state index in [1.807, 2.05) is 0 Å². The third kappa shape index (κ3) is 6.60. The van der Waals surface area contributed by atoms with Gasteiger partial charge in [-0.3, -0.25) is 29.8 Å². The van der Waals surface area contributed by atoms with Crippen LogP contribution in [-0.4, -0.2) is 51.9 Å². The molecule has 0 aromatic heterocycles. The molecule has 0 unspecified atom stereocenters. The van der Waals surface area contributed by atoms with E-state index >= 15 is 0 Å². The number of nitrogens with zero attached hydrogens (tertiary/aromatic N) is 2. The molecule has 0 fully saturated rings. The zero-order valence-electron chi connectivity index (χ0n) is 14.6. The molecule has 0 aliphatic carbocycles. The number of aliphatic carboxylic acids is 1. The number of nitrogens with one attached hydrogen (secondary N) is 2. The minimum atomic E-state index is -1.34. The number of amides is 2. The van der Waals surface area contributed by atoms with E-state index in [9.17, 15) is 39.7 Å². The predicted molar refractivity (Wildman–Crippen MR) is 94.6 cm³/mol. The molecule has 1 aromatic carbocycles. The summed E-state index contributed by atoms with van der Waals surface area (Å²) < 4.78 is 0. The van der Waals surface area contributed by atoms with Crippen LogP contribution in [-0.2, 0) is 9.59 Å².